The Morgan fingerprint density at radius 1 is 1.42 bits per heavy atom. The number of ether oxygens (including phenoxy) is 1. The van der Waals surface area contributed by atoms with Crippen LogP contribution in [0.1, 0.15) is 24.6 Å². The van der Waals surface area contributed by atoms with E-state index in [0.29, 0.717) is 0 Å². The summed E-state index contributed by atoms with van der Waals surface area (Å²) in [6.45, 7) is 2.89. The fourth-order valence-corrected chi connectivity index (χ4v) is 1.99. The van der Waals surface area contributed by atoms with E-state index in [2.05, 4.69) is 28.7 Å². The summed E-state index contributed by atoms with van der Waals surface area (Å²) in [5.74, 6) is 0.880. The Hall–Kier alpha value is -1.81. The molecule has 0 saturated heterocycles. The highest BCUT2D eigenvalue weighted by molar-refractivity contribution is 5.28. The van der Waals surface area contributed by atoms with E-state index in [0.717, 1.165) is 30.8 Å². The first-order valence-electron chi connectivity index (χ1n) is 6.60. The monoisotopic (exact) mass is 259 g/mol. The third-order valence-corrected chi connectivity index (χ3v) is 3.18. The molecule has 2 aromatic rings. The highest BCUT2D eigenvalue weighted by Crippen LogP contribution is 2.14. The fraction of sp³-hybridized carbons (Fsp3) is 0.400. The molecule has 1 aromatic heterocycles. The molecule has 0 radical (unpaired) electrons. The summed E-state index contributed by atoms with van der Waals surface area (Å²) in [6, 6.07) is 8.26. The molecule has 4 nitrogen and oxygen atoms in total. The Balaban J connectivity index is 2.02. The van der Waals surface area contributed by atoms with Crippen molar-refractivity contribution in [2.45, 2.75) is 32.4 Å². The van der Waals surface area contributed by atoms with E-state index in [-0.39, 0.29) is 6.04 Å². The summed E-state index contributed by atoms with van der Waals surface area (Å²) in [5, 5.41) is 0. The number of benzene rings is 1. The van der Waals surface area contributed by atoms with Gasteiger partial charge in [0.2, 0.25) is 0 Å². The van der Waals surface area contributed by atoms with E-state index in [1.54, 1.807) is 7.11 Å². The highest BCUT2D eigenvalue weighted by atomic mass is 16.5. The predicted octanol–water partition coefficient (Wildman–Crippen LogP) is 2.22. The van der Waals surface area contributed by atoms with Gasteiger partial charge in [-0.25, -0.2) is 4.98 Å². The minimum absolute atomic E-state index is 0.195. The molecule has 0 saturated carbocycles. The molecule has 0 amide bonds. The van der Waals surface area contributed by atoms with Crippen molar-refractivity contribution in [1.29, 1.82) is 0 Å². The van der Waals surface area contributed by atoms with E-state index in [1.165, 1.54) is 5.56 Å². The van der Waals surface area contributed by atoms with Crippen LogP contribution in [-0.2, 0) is 13.0 Å². The SMILES string of the molecule is CCC(N)Cc1cn(Cc2cccc(OC)c2)cn1. The van der Waals surface area contributed by atoms with Gasteiger partial charge in [-0.15, -0.1) is 0 Å². The van der Waals surface area contributed by atoms with Gasteiger partial charge in [0.1, 0.15) is 5.75 Å². The molecule has 2 N–H and O–H groups in total. The molecule has 19 heavy (non-hydrogen) atoms. The average molecular weight is 259 g/mol. The van der Waals surface area contributed by atoms with Gasteiger partial charge in [-0.1, -0.05) is 19.1 Å². The smallest absolute Gasteiger partial charge is 0.119 e. The van der Waals surface area contributed by atoms with Gasteiger partial charge in [-0.3, -0.25) is 0 Å². The van der Waals surface area contributed by atoms with E-state index in [9.17, 15) is 0 Å². The topological polar surface area (TPSA) is 53.1 Å². The zero-order chi connectivity index (χ0) is 13.7. The van der Waals surface area contributed by atoms with Crippen molar-refractivity contribution in [2.24, 2.45) is 5.73 Å². The zero-order valence-electron chi connectivity index (χ0n) is 11.5. The van der Waals surface area contributed by atoms with E-state index in [4.69, 9.17) is 10.5 Å². The van der Waals surface area contributed by atoms with Crippen molar-refractivity contribution < 1.29 is 4.74 Å². The van der Waals surface area contributed by atoms with Gasteiger partial charge < -0.3 is 15.0 Å². The van der Waals surface area contributed by atoms with Gasteiger partial charge in [0.15, 0.2) is 0 Å². The largest absolute Gasteiger partial charge is 0.497 e. The molecule has 2 rings (SSSR count). The lowest BCUT2D eigenvalue weighted by Gasteiger charge is -2.06. The first-order valence-corrected chi connectivity index (χ1v) is 6.60. The van der Waals surface area contributed by atoms with Gasteiger partial charge in [-0.2, -0.15) is 0 Å². The average Bonchev–Trinajstić information content (AvgIpc) is 2.86. The Kier molecular flexibility index (Phi) is 4.58. The number of imidazole rings is 1. The molecule has 0 aliphatic carbocycles. The fourth-order valence-electron chi connectivity index (χ4n) is 1.99. The van der Waals surface area contributed by atoms with Gasteiger partial charge in [0, 0.05) is 25.2 Å². The Morgan fingerprint density at radius 3 is 3.00 bits per heavy atom. The minimum Gasteiger partial charge on any atom is -0.497 e. The maximum absolute atomic E-state index is 5.94. The van der Waals surface area contributed by atoms with Crippen LogP contribution in [0.4, 0.5) is 0 Å². The molecule has 0 aliphatic rings. The first-order chi connectivity index (χ1) is 9.21. The molecule has 0 fully saturated rings. The van der Waals surface area contributed by atoms with E-state index in [1.807, 2.05) is 24.5 Å². The van der Waals surface area contributed by atoms with Crippen LogP contribution in [0.25, 0.3) is 0 Å². The first kappa shape index (κ1) is 13.6. The summed E-state index contributed by atoms with van der Waals surface area (Å²) in [5.41, 5.74) is 8.19. The van der Waals surface area contributed by atoms with Crippen molar-refractivity contribution in [3.8, 4) is 5.75 Å². The van der Waals surface area contributed by atoms with Gasteiger partial charge >= 0.3 is 0 Å². The van der Waals surface area contributed by atoms with Crippen LogP contribution in [0.3, 0.4) is 0 Å². The molecule has 0 bridgehead atoms. The second-order valence-electron chi connectivity index (χ2n) is 4.76. The number of nitrogens with two attached hydrogens (primary N) is 1. The normalized spacial score (nSPS) is 12.4. The summed E-state index contributed by atoms with van der Waals surface area (Å²) < 4.78 is 7.30. The zero-order valence-corrected chi connectivity index (χ0v) is 11.5. The lowest BCUT2D eigenvalue weighted by atomic mass is 10.1. The number of methoxy groups -OCH3 is 1. The maximum Gasteiger partial charge on any atom is 0.119 e. The van der Waals surface area contributed by atoms with E-state index < -0.39 is 0 Å². The summed E-state index contributed by atoms with van der Waals surface area (Å²) >= 11 is 0. The predicted molar refractivity (Wildman–Crippen MR) is 76.3 cm³/mol. The van der Waals surface area contributed by atoms with E-state index >= 15 is 0 Å². The second kappa shape index (κ2) is 6.38. The number of rotatable bonds is 6. The van der Waals surface area contributed by atoms with Crippen LogP contribution in [0.2, 0.25) is 0 Å². The highest BCUT2D eigenvalue weighted by Gasteiger charge is 2.05. The molecular weight excluding hydrogens is 238 g/mol. The molecule has 0 spiro atoms. The molecule has 1 atom stereocenters. The third kappa shape index (κ3) is 3.83. The Labute approximate surface area is 114 Å². The van der Waals surface area contributed by atoms with Crippen LogP contribution in [0.15, 0.2) is 36.8 Å². The van der Waals surface area contributed by atoms with Crippen LogP contribution < -0.4 is 10.5 Å². The van der Waals surface area contributed by atoms with Crippen LogP contribution >= 0.6 is 0 Å². The summed E-state index contributed by atoms with van der Waals surface area (Å²) in [6.07, 6.45) is 5.73. The Bertz CT molecular complexity index is 522. The third-order valence-electron chi connectivity index (χ3n) is 3.18. The quantitative estimate of drug-likeness (QED) is 0.865. The van der Waals surface area contributed by atoms with Crippen molar-refractivity contribution in [3.63, 3.8) is 0 Å². The molecule has 1 heterocycles. The van der Waals surface area contributed by atoms with Crippen molar-refractivity contribution in [1.82, 2.24) is 9.55 Å². The maximum atomic E-state index is 5.94. The molecule has 0 aliphatic heterocycles. The summed E-state index contributed by atoms with van der Waals surface area (Å²) in [7, 11) is 1.68. The number of hydrogen-bond donors (Lipinski definition) is 1. The number of hydrogen-bond acceptors (Lipinski definition) is 3. The molecular formula is C15H21N3O. The Morgan fingerprint density at radius 2 is 2.26 bits per heavy atom. The minimum atomic E-state index is 0.195. The van der Waals surface area contributed by atoms with Crippen molar-refractivity contribution in [3.05, 3.63) is 48.0 Å². The number of aromatic nitrogens is 2. The lowest BCUT2D eigenvalue weighted by Crippen LogP contribution is -2.21. The molecule has 1 aromatic carbocycles. The van der Waals surface area contributed by atoms with Gasteiger partial charge in [-0.05, 0) is 24.1 Å². The molecule has 102 valence electrons. The van der Waals surface area contributed by atoms with Crippen molar-refractivity contribution >= 4 is 0 Å². The summed E-state index contributed by atoms with van der Waals surface area (Å²) in [4.78, 5) is 4.39. The molecule has 1 unspecified atom stereocenters. The van der Waals surface area contributed by atoms with Crippen LogP contribution in [0.5, 0.6) is 5.75 Å². The van der Waals surface area contributed by atoms with Crippen LogP contribution in [-0.4, -0.2) is 22.7 Å². The lowest BCUT2D eigenvalue weighted by molar-refractivity contribution is 0.414. The number of nitrogens with zero attached hydrogens (tertiary/aromatic N) is 2. The van der Waals surface area contributed by atoms with Gasteiger partial charge in [0.05, 0.1) is 19.1 Å². The standard InChI is InChI=1S/C15H21N3O/c1-3-13(16)8-14-10-18(11-17-14)9-12-5-4-6-15(7-12)19-2/h4-7,10-11,13H,3,8-9,16H2,1-2H3. The molecule has 4 heteroatoms. The van der Waals surface area contributed by atoms with Crippen molar-refractivity contribution in [2.75, 3.05) is 7.11 Å². The second-order valence-corrected chi connectivity index (χ2v) is 4.76. The van der Waals surface area contributed by atoms with Gasteiger partial charge in [0.25, 0.3) is 0 Å². The van der Waals surface area contributed by atoms with Crippen LogP contribution in [0, 0.1) is 0 Å².